The molecule has 0 atom stereocenters. The van der Waals surface area contributed by atoms with Gasteiger partial charge in [0.1, 0.15) is 23.8 Å². The third kappa shape index (κ3) is 6.14. The van der Waals surface area contributed by atoms with Gasteiger partial charge in [-0.2, -0.15) is 0 Å². The highest BCUT2D eigenvalue weighted by Gasteiger charge is 2.20. The van der Waals surface area contributed by atoms with Crippen LogP contribution in [-0.2, 0) is 13.2 Å². The summed E-state index contributed by atoms with van der Waals surface area (Å²) in [6.45, 7) is 2.42. The lowest BCUT2D eigenvalue weighted by Crippen LogP contribution is -2.12. The summed E-state index contributed by atoms with van der Waals surface area (Å²) in [6, 6.07) is 11.9. The van der Waals surface area contributed by atoms with Gasteiger partial charge in [0.15, 0.2) is 4.34 Å². The number of carbonyl (C=O) groups excluding carboxylic acids is 1. The van der Waals surface area contributed by atoms with Gasteiger partial charge in [-0.15, -0.1) is 15.3 Å². The van der Waals surface area contributed by atoms with Gasteiger partial charge in [0.2, 0.25) is 11.0 Å². The molecular weight excluding hydrogens is 468 g/mol. The Bertz CT molecular complexity index is 1230. The molecule has 0 spiro atoms. The van der Waals surface area contributed by atoms with Gasteiger partial charge in [0, 0.05) is 6.20 Å². The molecule has 0 bridgehead atoms. The van der Waals surface area contributed by atoms with Crippen molar-refractivity contribution in [3.05, 3.63) is 83.1 Å². The molecule has 0 aliphatic heterocycles. The third-order valence-corrected chi connectivity index (χ3v) is 6.27. The minimum atomic E-state index is -0.446. The molecule has 0 saturated carbocycles. The maximum Gasteiger partial charge on any atom is 0.264 e. The van der Waals surface area contributed by atoms with Crippen molar-refractivity contribution in [2.45, 2.75) is 24.4 Å². The van der Waals surface area contributed by atoms with E-state index in [0.717, 1.165) is 21.2 Å². The fourth-order valence-corrected chi connectivity index (χ4v) is 4.51. The van der Waals surface area contributed by atoms with Crippen LogP contribution in [0.2, 0.25) is 0 Å². The van der Waals surface area contributed by atoms with Gasteiger partial charge >= 0.3 is 0 Å². The zero-order chi connectivity index (χ0) is 23.2. The number of hydrogen-bond acceptors (Lipinski definition) is 7. The summed E-state index contributed by atoms with van der Waals surface area (Å²) in [5, 5.41) is 15.5. The van der Waals surface area contributed by atoms with Crippen molar-refractivity contribution in [1.82, 2.24) is 20.0 Å². The van der Waals surface area contributed by atoms with E-state index < -0.39 is 5.91 Å². The Kier molecular flexibility index (Phi) is 7.30. The monoisotopic (exact) mass is 487 g/mol. The lowest BCUT2D eigenvalue weighted by Gasteiger charge is -2.06. The molecule has 2 heterocycles. The highest BCUT2D eigenvalue weighted by Crippen LogP contribution is 2.26. The molecule has 2 aromatic heterocycles. The van der Waals surface area contributed by atoms with Crippen molar-refractivity contribution < 1.29 is 18.3 Å². The van der Waals surface area contributed by atoms with E-state index in [1.165, 1.54) is 47.4 Å². The average molecular weight is 488 g/mol. The van der Waals surface area contributed by atoms with Crippen LogP contribution in [0, 0.1) is 11.6 Å². The van der Waals surface area contributed by atoms with Crippen LogP contribution >= 0.6 is 23.1 Å². The highest BCUT2D eigenvalue weighted by atomic mass is 32.2. The minimum Gasteiger partial charge on any atom is -0.471 e. The van der Waals surface area contributed by atoms with E-state index in [9.17, 15) is 13.6 Å². The Labute approximate surface area is 196 Å². The van der Waals surface area contributed by atoms with Gasteiger partial charge in [-0.1, -0.05) is 54.3 Å². The first-order chi connectivity index (χ1) is 16.0. The molecule has 11 heteroatoms. The molecule has 0 aliphatic carbocycles. The molecule has 0 fully saturated rings. The van der Waals surface area contributed by atoms with Crippen LogP contribution < -0.4 is 10.1 Å². The van der Waals surface area contributed by atoms with Gasteiger partial charge in [0.05, 0.1) is 6.54 Å². The number of ether oxygens (including phenoxy) is 1. The van der Waals surface area contributed by atoms with E-state index >= 15 is 0 Å². The van der Waals surface area contributed by atoms with E-state index in [-0.39, 0.29) is 29.7 Å². The van der Waals surface area contributed by atoms with Crippen LogP contribution in [0.25, 0.3) is 0 Å². The van der Waals surface area contributed by atoms with Gasteiger partial charge in [-0.05, 0) is 41.1 Å². The summed E-state index contributed by atoms with van der Waals surface area (Å²) in [4.78, 5) is 13.0. The van der Waals surface area contributed by atoms with Crippen molar-refractivity contribution >= 4 is 34.1 Å². The number of nitrogens with one attached hydrogen (secondary N) is 1. The molecule has 7 nitrogen and oxygen atoms in total. The molecular formula is C22H19F2N5O2S2. The first-order valence-electron chi connectivity index (χ1n) is 9.97. The van der Waals surface area contributed by atoms with Crippen molar-refractivity contribution in [2.75, 3.05) is 11.1 Å². The Morgan fingerprint density at radius 2 is 1.73 bits per heavy atom. The third-order valence-electron chi connectivity index (χ3n) is 4.41. The molecule has 2 aromatic carbocycles. The summed E-state index contributed by atoms with van der Waals surface area (Å²) in [6.07, 6.45) is 1.56. The normalized spacial score (nSPS) is 10.9. The molecule has 0 unspecified atom stereocenters. The Morgan fingerprint density at radius 1 is 1.06 bits per heavy atom. The Hall–Kier alpha value is -3.31. The largest absolute Gasteiger partial charge is 0.471 e. The zero-order valence-corrected chi connectivity index (χ0v) is 19.1. The van der Waals surface area contributed by atoms with Crippen LogP contribution in [0.4, 0.5) is 13.9 Å². The van der Waals surface area contributed by atoms with Gasteiger partial charge in [0.25, 0.3) is 5.91 Å². The second-order valence-electron chi connectivity index (χ2n) is 6.85. The summed E-state index contributed by atoms with van der Waals surface area (Å²) in [7, 11) is 0. The molecule has 4 aromatic rings. The Morgan fingerprint density at radius 3 is 2.39 bits per heavy atom. The maximum atomic E-state index is 13.2. The van der Waals surface area contributed by atoms with E-state index in [4.69, 9.17) is 4.74 Å². The topological polar surface area (TPSA) is 81.9 Å². The number of aromatic nitrogens is 4. The molecule has 1 amide bonds. The number of thioether (sulfide) groups is 1. The maximum absolute atomic E-state index is 13.2. The summed E-state index contributed by atoms with van der Waals surface area (Å²) in [5.41, 5.74) is 1.74. The summed E-state index contributed by atoms with van der Waals surface area (Å²) in [5.74, 6) is -0.161. The van der Waals surface area contributed by atoms with Crippen LogP contribution in [0.5, 0.6) is 5.88 Å². The van der Waals surface area contributed by atoms with Crippen LogP contribution in [-0.4, -0.2) is 31.6 Å². The number of rotatable bonds is 9. The highest BCUT2D eigenvalue weighted by molar-refractivity contribution is 8.01. The van der Waals surface area contributed by atoms with Crippen molar-refractivity contribution in [1.29, 1.82) is 0 Å². The van der Waals surface area contributed by atoms with Gasteiger partial charge in [-0.25, -0.2) is 8.78 Å². The number of anilines is 1. The number of carbonyl (C=O) groups is 1. The van der Waals surface area contributed by atoms with Crippen molar-refractivity contribution in [3.8, 4) is 5.88 Å². The average Bonchev–Trinajstić information content (AvgIpc) is 3.42. The predicted molar refractivity (Wildman–Crippen MR) is 123 cm³/mol. The van der Waals surface area contributed by atoms with Gasteiger partial charge in [-0.3, -0.25) is 14.8 Å². The lowest BCUT2D eigenvalue weighted by molar-refractivity contribution is 0.102. The van der Waals surface area contributed by atoms with Crippen LogP contribution in [0.15, 0.2) is 59.1 Å². The SMILES string of the molecule is CCSc1nnc(NC(=O)c2cn(Cc3ccc(F)cc3)nc2OCc2ccc(F)cc2)s1. The molecule has 33 heavy (non-hydrogen) atoms. The molecule has 4 rings (SSSR count). The molecule has 0 radical (unpaired) electrons. The van der Waals surface area contributed by atoms with Crippen molar-refractivity contribution in [2.24, 2.45) is 0 Å². The van der Waals surface area contributed by atoms with E-state index in [0.29, 0.717) is 11.7 Å². The Balaban J connectivity index is 1.54. The summed E-state index contributed by atoms with van der Waals surface area (Å²) < 4.78 is 34.5. The van der Waals surface area contributed by atoms with Crippen LogP contribution in [0.3, 0.4) is 0 Å². The van der Waals surface area contributed by atoms with Gasteiger partial charge < -0.3 is 4.74 Å². The zero-order valence-electron chi connectivity index (χ0n) is 17.5. The summed E-state index contributed by atoms with van der Waals surface area (Å²) >= 11 is 2.81. The number of halogens is 2. The first-order valence-corrected chi connectivity index (χ1v) is 11.8. The molecule has 170 valence electrons. The van der Waals surface area contributed by atoms with Crippen molar-refractivity contribution in [3.63, 3.8) is 0 Å². The quantitative estimate of drug-likeness (QED) is 0.264. The second-order valence-corrected chi connectivity index (χ2v) is 9.34. The number of benzene rings is 2. The molecule has 0 saturated heterocycles. The second kappa shape index (κ2) is 10.5. The standard InChI is InChI=1S/C22H19F2N5O2S2/c1-2-32-22-27-26-21(33-22)25-19(30)18-12-29(11-14-3-7-16(23)8-4-14)28-20(18)31-13-15-5-9-17(24)10-6-15/h3-10,12H,2,11,13H2,1H3,(H,25,26,30). The molecule has 1 N–H and O–H groups in total. The number of hydrogen-bond donors (Lipinski definition) is 1. The first kappa shape index (κ1) is 22.9. The number of nitrogens with zero attached hydrogens (tertiary/aromatic N) is 4. The fraction of sp³-hybridized carbons (Fsp3) is 0.182. The number of amides is 1. The van der Waals surface area contributed by atoms with E-state index in [2.05, 4.69) is 20.6 Å². The predicted octanol–water partition coefficient (Wildman–Crippen LogP) is 5.00. The van der Waals surface area contributed by atoms with E-state index in [1.807, 2.05) is 6.92 Å². The van der Waals surface area contributed by atoms with E-state index in [1.54, 1.807) is 35.1 Å². The molecule has 0 aliphatic rings. The minimum absolute atomic E-state index is 0.101. The lowest BCUT2D eigenvalue weighted by atomic mass is 10.2. The van der Waals surface area contributed by atoms with Crippen LogP contribution in [0.1, 0.15) is 28.4 Å². The fourth-order valence-electron chi connectivity index (χ4n) is 2.86. The smallest absolute Gasteiger partial charge is 0.264 e.